The maximum Gasteiger partial charge on any atom is 0.469 e. The molecule has 0 radical (unpaired) electrons. The van der Waals surface area contributed by atoms with Gasteiger partial charge in [0.25, 0.3) is 5.56 Å². The number of hydrogen-bond acceptors (Lipinski definition) is 7. The molecule has 136 valence electrons. The number of nitrogens with one attached hydrogen (secondary N) is 1. The number of H-pyrrole nitrogens is 1. The quantitative estimate of drug-likeness (QED) is 0.352. The Kier molecular flexibility index (Phi) is 5.60. The van der Waals surface area contributed by atoms with Crippen LogP contribution in [0.3, 0.4) is 0 Å². The normalized spacial score (nSPS) is 25.1. The van der Waals surface area contributed by atoms with Gasteiger partial charge in [-0.1, -0.05) is 0 Å². The van der Waals surface area contributed by atoms with Crippen LogP contribution in [0.4, 0.5) is 0 Å². The van der Waals surface area contributed by atoms with Gasteiger partial charge in [0.05, 0.1) is 6.61 Å². The van der Waals surface area contributed by atoms with Crippen molar-refractivity contribution in [3.8, 4) is 0 Å². The van der Waals surface area contributed by atoms with Crippen LogP contribution in [0, 0.1) is 0 Å². The highest BCUT2D eigenvalue weighted by Gasteiger charge is 2.42. The van der Waals surface area contributed by atoms with Crippen LogP contribution in [-0.2, 0) is 22.9 Å². The van der Waals surface area contributed by atoms with E-state index in [1.807, 2.05) is 4.98 Å². The van der Waals surface area contributed by atoms with Crippen molar-refractivity contribution in [1.82, 2.24) is 9.55 Å². The van der Waals surface area contributed by atoms with E-state index in [1.54, 1.807) is 0 Å². The van der Waals surface area contributed by atoms with Crippen LogP contribution < -0.4 is 11.2 Å². The topological polar surface area (TPSA) is 198 Å². The maximum absolute atomic E-state index is 11.7. The summed E-state index contributed by atoms with van der Waals surface area (Å²) in [6, 6.07) is 1.03. The fourth-order valence-electron chi connectivity index (χ4n) is 2.13. The van der Waals surface area contributed by atoms with E-state index in [0.717, 1.165) is 16.8 Å². The van der Waals surface area contributed by atoms with E-state index in [0.29, 0.717) is 0 Å². The average molecular weight is 388 g/mol. The minimum absolute atomic E-state index is 0.230. The monoisotopic (exact) mass is 388 g/mol. The van der Waals surface area contributed by atoms with Crippen molar-refractivity contribution < 1.29 is 42.5 Å². The second-order valence-corrected chi connectivity index (χ2v) is 7.23. The van der Waals surface area contributed by atoms with Crippen molar-refractivity contribution in [3.05, 3.63) is 33.1 Å². The van der Waals surface area contributed by atoms with Gasteiger partial charge < -0.3 is 24.3 Å². The highest BCUT2D eigenvalue weighted by atomic mass is 31.2. The molecule has 0 bridgehead atoms. The van der Waals surface area contributed by atoms with Crippen LogP contribution in [0.1, 0.15) is 12.6 Å². The Labute approximate surface area is 133 Å². The van der Waals surface area contributed by atoms with Crippen molar-refractivity contribution in [1.29, 1.82) is 0 Å². The van der Waals surface area contributed by atoms with E-state index in [4.69, 9.17) is 24.3 Å². The van der Waals surface area contributed by atoms with E-state index < -0.39 is 51.9 Å². The summed E-state index contributed by atoms with van der Waals surface area (Å²) >= 11 is 0. The highest BCUT2D eigenvalue weighted by Crippen LogP contribution is 2.44. The third-order valence-electron chi connectivity index (χ3n) is 3.02. The van der Waals surface area contributed by atoms with Crippen LogP contribution in [0.2, 0.25) is 0 Å². The molecule has 1 fully saturated rings. The number of rotatable bonds is 6. The molecule has 15 heteroatoms. The van der Waals surface area contributed by atoms with Crippen molar-refractivity contribution in [2.45, 2.75) is 24.9 Å². The molecule has 1 aliphatic rings. The SMILES string of the molecule is O=c1ccn(C2CC(OP(=O)(O)O)C(COP(=O)(O)O)O2)c(=O)[nH]1. The van der Waals surface area contributed by atoms with Crippen LogP contribution in [-0.4, -0.2) is 47.9 Å². The first-order valence-corrected chi connectivity index (χ1v) is 9.42. The minimum atomic E-state index is -4.93. The first kappa shape index (κ1) is 19.2. The Morgan fingerprint density at radius 2 is 1.92 bits per heavy atom. The number of ether oxygens (including phenoxy) is 1. The lowest BCUT2D eigenvalue weighted by atomic mass is 10.2. The Bertz CT molecular complexity index is 791. The second kappa shape index (κ2) is 7.00. The molecule has 13 nitrogen and oxygen atoms in total. The lowest BCUT2D eigenvalue weighted by molar-refractivity contribution is -0.0444. The molecule has 0 spiro atoms. The number of aromatic nitrogens is 2. The summed E-state index contributed by atoms with van der Waals surface area (Å²) in [5, 5.41) is 0. The number of phosphoric acid groups is 2. The predicted molar refractivity (Wildman–Crippen MR) is 74.8 cm³/mol. The molecule has 0 saturated carbocycles. The molecule has 0 aromatic carbocycles. The van der Waals surface area contributed by atoms with E-state index in [9.17, 15) is 18.7 Å². The van der Waals surface area contributed by atoms with Gasteiger partial charge in [-0.25, -0.2) is 13.9 Å². The zero-order valence-corrected chi connectivity index (χ0v) is 13.6. The minimum Gasteiger partial charge on any atom is -0.349 e. The summed E-state index contributed by atoms with van der Waals surface area (Å²) in [6.07, 6.45) is -2.79. The van der Waals surface area contributed by atoms with Crippen molar-refractivity contribution >= 4 is 15.6 Å². The second-order valence-electron chi connectivity index (χ2n) is 4.80. The molecule has 1 saturated heterocycles. The van der Waals surface area contributed by atoms with Gasteiger partial charge in [0.15, 0.2) is 0 Å². The van der Waals surface area contributed by atoms with Crippen molar-refractivity contribution in [2.75, 3.05) is 6.61 Å². The van der Waals surface area contributed by atoms with Gasteiger partial charge >= 0.3 is 21.3 Å². The molecule has 2 heterocycles. The molecule has 3 unspecified atom stereocenters. The standard InChI is InChI=1S/C9H14N2O11P2/c12-7-1-2-11(9(13)10-7)8-3-5(22-24(17,18)19)6(21-8)4-20-23(14,15)16/h1-2,5-6,8H,3-4H2,(H,10,12,13)(H2,14,15,16)(H2,17,18,19). The van der Waals surface area contributed by atoms with Crippen molar-refractivity contribution in [3.63, 3.8) is 0 Å². The summed E-state index contributed by atoms with van der Waals surface area (Å²) in [4.78, 5) is 59.9. The maximum atomic E-state index is 11.7. The van der Waals surface area contributed by atoms with E-state index >= 15 is 0 Å². The number of aromatic amines is 1. The molecule has 0 aliphatic carbocycles. The molecule has 3 atom stereocenters. The van der Waals surface area contributed by atoms with Gasteiger partial charge in [0, 0.05) is 18.7 Å². The van der Waals surface area contributed by atoms with Crippen LogP contribution >= 0.6 is 15.6 Å². The summed E-state index contributed by atoms with van der Waals surface area (Å²) in [5.41, 5.74) is -1.49. The fraction of sp³-hybridized carbons (Fsp3) is 0.556. The van der Waals surface area contributed by atoms with E-state index in [1.165, 1.54) is 0 Å². The summed E-state index contributed by atoms with van der Waals surface area (Å²) in [6.45, 7) is -0.733. The van der Waals surface area contributed by atoms with Crippen molar-refractivity contribution in [2.24, 2.45) is 0 Å². The third kappa shape index (κ3) is 5.45. The lowest BCUT2D eigenvalue weighted by Gasteiger charge is -2.19. The average Bonchev–Trinajstić information content (AvgIpc) is 2.76. The van der Waals surface area contributed by atoms with Gasteiger partial charge in [0.2, 0.25) is 0 Å². The summed E-state index contributed by atoms with van der Waals surface area (Å²) in [7, 11) is -9.78. The number of hydrogen-bond donors (Lipinski definition) is 5. The molecule has 1 aromatic rings. The van der Waals surface area contributed by atoms with Gasteiger partial charge in [-0.05, 0) is 0 Å². The summed E-state index contributed by atoms with van der Waals surface area (Å²) < 4.78 is 36.8. The molecule has 5 N–H and O–H groups in total. The summed E-state index contributed by atoms with van der Waals surface area (Å²) in [5.74, 6) is 0. The molecule has 0 amide bonds. The van der Waals surface area contributed by atoms with E-state index in [-0.39, 0.29) is 6.42 Å². The lowest BCUT2D eigenvalue weighted by Crippen LogP contribution is -2.31. The first-order chi connectivity index (χ1) is 10.9. The van der Waals surface area contributed by atoms with Crippen LogP contribution in [0.15, 0.2) is 21.9 Å². The fourth-order valence-corrected chi connectivity index (χ4v) is 3.05. The highest BCUT2D eigenvalue weighted by molar-refractivity contribution is 7.46. The molecule has 1 aromatic heterocycles. The Morgan fingerprint density at radius 3 is 2.46 bits per heavy atom. The molecule has 2 rings (SSSR count). The molecular weight excluding hydrogens is 374 g/mol. The van der Waals surface area contributed by atoms with Crippen LogP contribution in [0.25, 0.3) is 0 Å². The molecule has 24 heavy (non-hydrogen) atoms. The Hall–Kier alpha value is -1.14. The Balaban J connectivity index is 2.21. The van der Waals surface area contributed by atoms with Gasteiger partial charge in [0.1, 0.15) is 18.4 Å². The Morgan fingerprint density at radius 1 is 1.25 bits per heavy atom. The zero-order chi connectivity index (χ0) is 18.1. The molecular formula is C9H14N2O11P2. The van der Waals surface area contributed by atoms with Crippen LogP contribution in [0.5, 0.6) is 0 Å². The van der Waals surface area contributed by atoms with Gasteiger partial charge in [-0.2, -0.15) is 0 Å². The smallest absolute Gasteiger partial charge is 0.349 e. The van der Waals surface area contributed by atoms with E-state index in [2.05, 4.69) is 9.05 Å². The first-order valence-electron chi connectivity index (χ1n) is 6.35. The predicted octanol–water partition coefficient (Wildman–Crippen LogP) is -1.59. The number of phosphoric ester groups is 2. The zero-order valence-electron chi connectivity index (χ0n) is 11.8. The molecule has 1 aliphatic heterocycles. The number of nitrogens with zero attached hydrogens (tertiary/aromatic N) is 1. The third-order valence-corrected chi connectivity index (χ3v) is 4.05. The van der Waals surface area contributed by atoms with Gasteiger partial charge in [-0.15, -0.1) is 0 Å². The largest absolute Gasteiger partial charge is 0.469 e. The van der Waals surface area contributed by atoms with Gasteiger partial charge in [-0.3, -0.25) is 23.4 Å².